The molecule has 8 heteroatoms. The van der Waals surface area contributed by atoms with Crippen molar-refractivity contribution in [2.24, 2.45) is 0 Å². The van der Waals surface area contributed by atoms with E-state index >= 15 is 0 Å². The third-order valence-electron chi connectivity index (χ3n) is 11.9. The predicted molar refractivity (Wildman–Crippen MR) is 273 cm³/mol. The monoisotopic (exact) mass is 912 g/mol. The van der Waals surface area contributed by atoms with Gasteiger partial charge in [-0.1, -0.05) is 222 Å². The minimum Gasteiger partial charge on any atom is -0.544 e. The second-order valence-corrected chi connectivity index (χ2v) is 19.1. The van der Waals surface area contributed by atoms with E-state index in [9.17, 15) is 19.5 Å². The summed E-state index contributed by atoms with van der Waals surface area (Å²) in [5.74, 6) is -1.80. The molecule has 0 amide bonds. The molecule has 376 valence electrons. The van der Waals surface area contributed by atoms with Crippen molar-refractivity contribution in [3.8, 4) is 0 Å². The van der Waals surface area contributed by atoms with Gasteiger partial charge in [0.1, 0.15) is 12.6 Å². The quantitative estimate of drug-likeness (QED) is 0.0259. The maximum atomic E-state index is 12.8. The van der Waals surface area contributed by atoms with Crippen LogP contribution in [0.2, 0.25) is 0 Å². The van der Waals surface area contributed by atoms with E-state index in [1.807, 2.05) is 0 Å². The van der Waals surface area contributed by atoms with Crippen molar-refractivity contribution in [1.82, 2.24) is 0 Å². The zero-order valence-corrected chi connectivity index (χ0v) is 42.9. The summed E-state index contributed by atoms with van der Waals surface area (Å²) in [5.41, 5.74) is 0. The highest BCUT2D eigenvalue weighted by atomic mass is 16.6. The standard InChI is InChI=1S/C57H101NO7/c1-6-8-10-12-14-16-18-20-22-24-25-26-27-28-29-30-32-33-35-37-39-41-43-45-47-55(59)64-52-53(51-63-50-49-54(57(61)62)58(3,4)5)65-56(60)48-46-44-42-40-38-36-34-31-23-21-19-17-15-13-11-9-7-2/h9,11,15,17,21,23,34,36,40,42,53-54H,6-8,10,12-14,16,18-20,22,24-33,35,37-39,41,43-52H2,1-5H3/b11-9-,17-15-,23-21-,36-34-,42-40-. The number of quaternary nitrogens is 1. The van der Waals surface area contributed by atoms with Crippen LogP contribution >= 0.6 is 0 Å². The zero-order chi connectivity index (χ0) is 47.7. The molecule has 0 bridgehead atoms. The summed E-state index contributed by atoms with van der Waals surface area (Å²) in [6.45, 7) is 4.52. The Hall–Kier alpha value is -2.97. The van der Waals surface area contributed by atoms with Gasteiger partial charge in [-0.2, -0.15) is 0 Å². The first-order valence-electron chi connectivity index (χ1n) is 26.8. The summed E-state index contributed by atoms with van der Waals surface area (Å²) < 4.78 is 17.2. The number of hydrogen-bond acceptors (Lipinski definition) is 7. The molecule has 0 aromatic carbocycles. The third-order valence-corrected chi connectivity index (χ3v) is 11.9. The van der Waals surface area contributed by atoms with Gasteiger partial charge in [0, 0.05) is 19.3 Å². The summed E-state index contributed by atoms with van der Waals surface area (Å²) in [5, 5.41) is 11.7. The molecule has 0 radical (unpaired) electrons. The number of hydrogen-bond donors (Lipinski definition) is 0. The van der Waals surface area contributed by atoms with Gasteiger partial charge in [-0.25, -0.2) is 0 Å². The molecular weight excluding hydrogens is 811 g/mol. The number of aliphatic carboxylic acids is 1. The first-order valence-corrected chi connectivity index (χ1v) is 26.8. The molecule has 0 spiro atoms. The molecule has 0 aromatic heterocycles. The average molecular weight is 912 g/mol. The largest absolute Gasteiger partial charge is 0.544 e. The number of likely N-dealkylation sites (N-methyl/N-ethyl adjacent to an activating group) is 1. The number of nitrogens with zero attached hydrogens (tertiary/aromatic N) is 1. The summed E-state index contributed by atoms with van der Waals surface area (Å²) >= 11 is 0. The number of carboxylic acids is 1. The lowest BCUT2D eigenvalue weighted by Gasteiger charge is -2.34. The molecule has 0 aliphatic carbocycles. The van der Waals surface area contributed by atoms with Gasteiger partial charge in [0.25, 0.3) is 0 Å². The SMILES string of the molecule is CC/C=C\C/C=C\C/C=C\C/C=C\C/C=C\CCCC(=O)OC(COCCC(C(=O)[O-])[N+](C)(C)C)COC(=O)CCCCCCCCCCCCCCCCCCCCCCCCCC. The molecule has 0 aromatic rings. The second-order valence-electron chi connectivity index (χ2n) is 19.1. The Morgan fingerprint density at radius 1 is 0.477 bits per heavy atom. The van der Waals surface area contributed by atoms with Gasteiger partial charge in [0.15, 0.2) is 6.10 Å². The molecule has 2 unspecified atom stereocenters. The van der Waals surface area contributed by atoms with Crippen molar-refractivity contribution in [3.63, 3.8) is 0 Å². The Balaban J connectivity index is 4.22. The molecule has 2 atom stereocenters. The van der Waals surface area contributed by atoms with Gasteiger partial charge < -0.3 is 28.6 Å². The Labute approximate surface area is 400 Å². The Bertz CT molecular complexity index is 1250. The van der Waals surface area contributed by atoms with Crippen LogP contribution in [0, 0.1) is 0 Å². The van der Waals surface area contributed by atoms with Crippen molar-refractivity contribution >= 4 is 17.9 Å². The van der Waals surface area contributed by atoms with Crippen LogP contribution in [0.15, 0.2) is 60.8 Å². The number of carbonyl (C=O) groups excluding carboxylic acids is 3. The molecular formula is C57H101NO7. The lowest BCUT2D eigenvalue weighted by atomic mass is 10.0. The van der Waals surface area contributed by atoms with Gasteiger partial charge in [-0.05, 0) is 51.4 Å². The molecule has 0 saturated heterocycles. The lowest BCUT2D eigenvalue weighted by Crippen LogP contribution is -2.55. The van der Waals surface area contributed by atoms with E-state index in [-0.39, 0.29) is 49.1 Å². The molecule has 0 rings (SSSR count). The van der Waals surface area contributed by atoms with Gasteiger partial charge in [-0.15, -0.1) is 0 Å². The minimum absolute atomic E-state index is 0.0180. The van der Waals surface area contributed by atoms with Gasteiger partial charge in [0.2, 0.25) is 0 Å². The molecule has 65 heavy (non-hydrogen) atoms. The number of rotatable bonds is 48. The molecule has 8 nitrogen and oxygen atoms in total. The highest BCUT2D eigenvalue weighted by Crippen LogP contribution is 2.16. The zero-order valence-electron chi connectivity index (χ0n) is 42.9. The van der Waals surface area contributed by atoms with Gasteiger partial charge in [0.05, 0.1) is 40.3 Å². The van der Waals surface area contributed by atoms with Crippen LogP contribution in [-0.4, -0.2) is 75.5 Å². The predicted octanol–water partition coefficient (Wildman–Crippen LogP) is 14.4. The van der Waals surface area contributed by atoms with Crippen LogP contribution in [0.4, 0.5) is 0 Å². The van der Waals surface area contributed by atoms with E-state index in [0.29, 0.717) is 12.8 Å². The Morgan fingerprint density at radius 3 is 1.26 bits per heavy atom. The van der Waals surface area contributed by atoms with Gasteiger partial charge in [-0.3, -0.25) is 9.59 Å². The highest BCUT2D eigenvalue weighted by molar-refractivity contribution is 5.70. The molecule has 0 saturated carbocycles. The van der Waals surface area contributed by atoms with E-state index in [0.717, 1.165) is 57.8 Å². The van der Waals surface area contributed by atoms with Crippen molar-refractivity contribution in [1.29, 1.82) is 0 Å². The fourth-order valence-corrected chi connectivity index (χ4v) is 7.81. The van der Waals surface area contributed by atoms with E-state index < -0.39 is 18.1 Å². The maximum Gasteiger partial charge on any atom is 0.306 e. The van der Waals surface area contributed by atoms with Crippen LogP contribution in [0.3, 0.4) is 0 Å². The smallest absolute Gasteiger partial charge is 0.306 e. The molecule has 0 fully saturated rings. The second kappa shape index (κ2) is 47.5. The third kappa shape index (κ3) is 46.0. The van der Waals surface area contributed by atoms with Crippen molar-refractivity contribution < 1.29 is 38.2 Å². The normalized spacial score (nSPS) is 13.3. The minimum atomic E-state index is -1.13. The van der Waals surface area contributed by atoms with E-state index in [4.69, 9.17) is 14.2 Å². The molecule has 0 aliphatic heterocycles. The lowest BCUT2D eigenvalue weighted by molar-refractivity contribution is -0.889. The number of carbonyl (C=O) groups is 3. The van der Waals surface area contributed by atoms with E-state index in [1.54, 1.807) is 21.1 Å². The molecule has 0 aliphatic rings. The van der Waals surface area contributed by atoms with Crippen LogP contribution in [0.5, 0.6) is 0 Å². The summed E-state index contributed by atoms with van der Waals surface area (Å²) in [6, 6.07) is -0.738. The summed E-state index contributed by atoms with van der Waals surface area (Å²) in [4.78, 5) is 37.0. The van der Waals surface area contributed by atoms with Crippen molar-refractivity contribution in [2.45, 2.75) is 244 Å². The number of allylic oxidation sites excluding steroid dienone is 10. The first-order chi connectivity index (χ1) is 31.6. The Morgan fingerprint density at radius 2 is 0.862 bits per heavy atom. The highest BCUT2D eigenvalue weighted by Gasteiger charge is 2.25. The van der Waals surface area contributed by atoms with Crippen molar-refractivity contribution in [3.05, 3.63) is 60.8 Å². The van der Waals surface area contributed by atoms with Crippen LogP contribution in [-0.2, 0) is 28.6 Å². The van der Waals surface area contributed by atoms with E-state index in [2.05, 4.69) is 74.6 Å². The van der Waals surface area contributed by atoms with Crippen LogP contribution < -0.4 is 5.11 Å². The number of unbranched alkanes of at least 4 members (excludes halogenated alkanes) is 24. The van der Waals surface area contributed by atoms with Crippen LogP contribution in [0.1, 0.15) is 232 Å². The number of esters is 2. The molecule has 0 N–H and O–H groups in total. The van der Waals surface area contributed by atoms with Crippen molar-refractivity contribution in [2.75, 3.05) is 41.0 Å². The van der Waals surface area contributed by atoms with Gasteiger partial charge >= 0.3 is 11.9 Å². The average Bonchev–Trinajstić information content (AvgIpc) is 3.27. The van der Waals surface area contributed by atoms with E-state index in [1.165, 1.54) is 135 Å². The fourth-order valence-electron chi connectivity index (χ4n) is 7.81. The number of ether oxygens (including phenoxy) is 3. The van der Waals surface area contributed by atoms with Crippen LogP contribution in [0.25, 0.3) is 0 Å². The topological polar surface area (TPSA) is 102 Å². The first kappa shape index (κ1) is 62.0. The Kier molecular flexibility index (Phi) is 45.3. The molecule has 0 heterocycles. The summed E-state index contributed by atoms with van der Waals surface area (Å²) in [7, 11) is 5.40. The maximum absolute atomic E-state index is 12.8. The fraction of sp³-hybridized carbons (Fsp3) is 0.772. The number of carboxylic acid groups (broad SMARTS) is 1. The summed E-state index contributed by atoms with van der Waals surface area (Å²) in [6.07, 6.45) is 59.9.